The van der Waals surface area contributed by atoms with Crippen molar-refractivity contribution in [2.24, 2.45) is 0 Å². The highest BCUT2D eigenvalue weighted by atomic mass is 32.1. The molecule has 2 N–H and O–H groups in total. The first-order valence-corrected chi connectivity index (χ1v) is 7.08. The number of rotatable bonds is 4. The van der Waals surface area contributed by atoms with E-state index < -0.39 is 0 Å². The van der Waals surface area contributed by atoms with Crippen LogP contribution >= 0.6 is 11.3 Å². The summed E-state index contributed by atoms with van der Waals surface area (Å²) in [6, 6.07) is 0. The summed E-state index contributed by atoms with van der Waals surface area (Å²) in [4.78, 5) is 34.7. The molecule has 0 bridgehead atoms. The van der Waals surface area contributed by atoms with Crippen molar-refractivity contribution in [3.63, 3.8) is 0 Å². The Morgan fingerprint density at radius 2 is 2.10 bits per heavy atom. The van der Waals surface area contributed by atoms with Gasteiger partial charge in [-0.2, -0.15) is 0 Å². The molecule has 0 fully saturated rings. The zero-order valence-electron chi connectivity index (χ0n) is 11.6. The molecule has 0 aromatic carbocycles. The number of aryl methyl sites for hydroxylation is 3. The van der Waals surface area contributed by atoms with Gasteiger partial charge in [-0.25, -0.2) is 9.97 Å². The van der Waals surface area contributed by atoms with Crippen molar-refractivity contribution in [2.45, 2.75) is 33.7 Å². The van der Waals surface area contributed by atoms with E-state index in [1.165, 1.54) is 11.3 Å². The summed E-state index contributed by atoms with van der Waals surface area (Å²) >= 11 is 1.50. The average molecular weight is 292 g/mol. The van der Waals surface area contributed by atoms with Gasteiger partial charge in [0.1, 0.15) is 10.8 Å². The Kier molecular flexibility index (Phi) is 4.29. The number of carbonyl (C=O) groups excluding carboxylic acids is 1. The number of nitrogens with zero attached hydrogens (tertiary/aromatic N) is 2. The highest BCUT2D eigenvalue weighted by molar-refractivity contribution is 7.09. The molecule has 7 heteroatoms. The molecule has 20 heavy (non-hydrogen) atoms. The largest absolute Gasteiger partial charge is 0.349 e. The van der Waals surface area contributed by atoms with Crippen LogP contribution in [-0.2, 0) is 17.8 Å². The number of nitrogens with one attached hydrogen (secondary N) is 2. The van der Waals surface area contributed by atoms with Crippen molar-refractivity contribution in [1.82, 2.24) is 20.3 Å². The second-order valence-corrected chi connectivity index (χ2v) is 5.49. The van der Waals surface area contributed by atoms with E-state index in [0.29, 0.717) is 23.6 Å². The van der Waals surface area contributed by atoms with Crippen molar-refractivity contribution in [3.8, 4) is 0 Å². The minimum atomic E-state index is -0.254. The number of H-pyrrole nitrogens is 1. The Balaban J connectivity index is 2.00. The molecule has 0 spiro atoms. The van der Waals surface area contributed by atoms with Crippen LogP contribution in [0.25, 0.3) is 0 Å². The van der Waals surface area contributed by atoms with E-state index >= 15 is 0 Å². The minimum Gasteiger partial charge on any atom is -0.349 e. The number of hydrogen-bond donors (Lipinski definition) is 2. The molecule has 2 rings (SSSR count). The molecular weight excluding hydrogens is 276 g/mol. The van der Waals surface area contributed by atoms with Gasteiger partial charge in [-0.3, -0.25) is 9.59 Å². The van der Waals surface area contributed by atoms with Gasteiger partial charge in [-0.1, -0.05) is 0 Å². The number of thiazole rings is 1. The van der Waals surface area contributed by atoms with Crippen molar-refractivity contribution < 1.29 is 4.79 Å². The lowest BCUT2D eigenvalue weighted by Gasteiger charge is -2.06. The van der Waals surface area contributed by atoms with Crippen LogP contribution in [0.15, 0.2) is 10.2 Å². The lowest BCUT2D eigenvalue weighted by molar-refractivity contribution is -0.120. The molecule has 0 unspecified atom stereocenters. The third-order valence-electron chi connectivity index (χ3n) is 2.78. The molecular formula is C13H16N4O2S. The zero-order chi connectivity index (χ0) is 14.7. The Labute approximate surface area is 120 Å². The van der Waals surface area contributed by atoms with Gasteiger partial charge in [-0.15, -0.1) is 11.3 Å². The van der Waals surface area contributed by atoms with Crippen LogP contribution in [0, 0.1) is 20.8 Å². The molecule has 0 saturated carbocycles. The van der Waals surface area contributed by atoms with Gasteiger partial charge >= 0.3 is 0 Å². The summed E-state index contributed by atoms with van der Waals surface area (Å²) in [5.74, 6) is 0.340. The average Bonchev–Trinajstić information content (AvgIpc) is 2.77. The van der Waals surface area contributed by atoms with E-state index in [1.54, 1.807) is 13.8 Å². The second-order valence-electron chi connectivity index (χ2n) is 4.55. The summed E-state index contributed by atoms with van der Waals surface area (Å²) in [6.07, 6.45) is 0.0266. The third kappa shape index (κ3) is 3.51. The fourth-order valence-electron chi connectivity index (χ4n) is 1.84. The van der Waals surface area contributed by atoms with E-state index in [4.69, 9.17) is 0 Å². The first kappa shape index (κ1) is 14.4. The fraction of sp³-hybridized carbons (Fsp3) is 0.385. The van der Waals surface area contributed by atoms with E-state index in [2.05, 4.69) is 20.3 Å². The van der Waals surface area contributed by atoms with Gasteiger partial charge in [0.05, 0.1) is 13.0 Å². The van der Waals surface area contributed by atoms with Crippen molar-refractivity contribution in [2.75, 3.05) is 0 Å². The van der Waals surface area contributed by atoms with E-state index in [-0.39, 0.29) is 17.9 Å². The maximum atomic E-state index is 11.9. The van der Waals surface area contributed by atoms with Gasteiger partial charge in [-0.05, 0) is 20.8 Å². The van der Waals surface area contributed by atoms with Gasteiger partial charge in [0.25, 0.3) is 5.56 Å². The number of aromatic amines is 1. The van der Waals surface area contributed by atoms with Crippen molar-refractivity contribution in [1.29, 1.82) is 0 Å². The molecule has 0 radical (unpaired) electrons. The molecule has 0 aliphatic heterocycles. The SMILES string of the molecule is Cc1csc(CNC(=O)Cc2c(C)nc(C)[nH]c2=O)n1. The van der Waals surface area contributed by atoms with Crippen LogP contribution in [0.5, 0.6) is 0 Å². The maximum Gasteiger partial charge on any atom is 0.254 e. The molecule has 2 aromatic rings. The highest BCUT2D eigenvalue weighted by Gasteiger charge is 2.12. The standard InChI is InChI=1S/C13H16N4O2S/c1-7-6-20-12(15-7)5-14-11(18)4-10-8(2)16-9(3)17-13(10)19/h6H,4-5H2,1-3H3,(H,14,18)(H,16,17,19). The van der Waals surface area contributed by atoms with Crippen LogP contribution in [0.4, 0.5) is 0 Å². The molecule has 0 aliphatic carbocycles. The van der Waals surface area contributed by atoms with Gasteiger partial charge < -0.3 is 10.3 Å². The molecule has 1 amide bonds. The number of aromatic nitrogens is 3. The van der Waals surface area contributed by atoms with E-state index in [0.717, 1.165) is 10.7 Å². The second kappa shape index (κ2) is 5.96. The summed E-state index contributed by atoms with van der Waals surface area (Å²) in [6.45, 7) is 5.73. The molecule has 0 saturated heterocycles. The first-order chi connectivity index (χ1) is 9.45. The Hall–Kier alpha value is -2.02. The Morgan fingerprint density at radius 3 is 2.70 bits per heavy atom. The van der Waals surface area contributed by atoms with Gasteiger partial charge in [0.2, 0.25) is 5.91 Å². The summed E-state index contributed by atoms with van der Waals surface area (Å²) in [7, 11) is 0. The van der Waals surface area contributed by atoms with Crippen LogP contribution < -0.4 is 10.9 Å². The quantitative estimate of drug-likeness (QED) is 0.880. The predicted octanol–water partition coefficient (Wildman–Crippen LogP) is 1.01. The number of hydrogen-bond acceptors (Lipinski definition) is 5. The van der Waals surface area contributed by atoms with Crippen LogP contribution in [-0.4, -0.2) is 20.9 Å². The Bertz CT molecular complexity index is 690. The van der Waals surface area contributed by atoms with Gasteiger partial charge in [0.15, 0.2) is 0 Å². The predicted molar refractivity (Wildman–Crippen MR) is 76.7 cm³/mol. The topological polar surface area (TPSA) is 87.7 Å². The molecule has 0 aliphatic rings. The molecule has 0 atom stereocenters. The summed E-state index contributed by atoms with van der Waals surface area (Å²) in [5, 5.41) is 5.54. The number of carbonyl (C=O) groups is 1. The van der Waals surface area contributed by atoms with Crippen LogP contribution in [0.3, 0.4) is 0 Å². The smallest absolute Gasteiger partial charge is 0.254 e. The zero-order valence-corrected chi connectivity index (χ0v) is 12.4. The maximum absolute atomic E-state index is 11.9. The lowest BCUT2D eigenvalue weighted by atomic mass is 10.1. The van der Waals surface area contributed by atoms with Crippen LogP contribution in [0.1, 0.15) is 27.8 Å². The summed E-state index contributed by atoms with van der Waals surface area (Å²) in [5.41, 5.74) is 1.68. The summed E-state index contributed by atoms with van der Waals surface area (Å²) < 4.78 is 0. The highest BCUT2D eigenvalue weighted by Crippen LogP contribution is 2.08. The third-order valence-corrected chi connectivity index (χ3v) is 3.75. The Morgan fingerprint density at radius 1 is 1.35 bits per heavy atom. The first-order valence-electron chi connectivity index (χ1n) is 6.20. The number of amides is 1. The van der Waals surface area contributed by atoms with E-state index in [1.807, 2.05) is 12.3 Å². The van der Waals surface area contributed by atoms with Gasteiger partial charge in [0, 0.05) is 22.3 Å². The van der Waals surface area contributed by atoms with E-state index in [9.17, 15) is 9.59 Å². The fourth-order valence-corrected chi connectivity index (χ4v) is 2.55. The normalized spacial score (nSPS) is 10.6. The monoisotopic (exact) mass is 292 g/mol. The molecule has 2 aromatic heterocycles. The van der Waals surface area contributed by atoms with Crippen LogP contribution in [0.2, 0.25) is 0 Å². The lowest BCUT2D eigenvalue weighted by Crippen LogP contribution is -2.28. The minimum absolute atomic E-state index is 0.0266. The molecule has 2 heterocycles. The van der Waals surface area contributed by atoms with Crippen molar-refractivity contribution >= 4 is 17.2 Å². The molecule has 6 nitrogen and oxygen atoms in total. The van der Waals surface area contributed by atoms with Crippen molar-refractivity contribution in [3.05, 3.63) is 43.5 Å². The molecule has 106 valence electrons.